The molecule has 1 nitrogen and oxygen atoms in total. The summed E-state index contributed by atoms with van der Waals surface area (Å²) >= 11 is 4.91. The molecule has 0 amide bonds. The molecule has 0 aromatic heterocycles. The molecular weight excluding hydrogens is 99.5 g/mol. The van der Waals surface area contributed by atoms with Crippen molar-refractivity contribution < 1.29 is 4.79 Å². The zero-order valence-electron chi connectivity index (χ0n) is 2.86. The molecule has 1 rings (SSSR count). The van der Waals surface area contributed by atoms with Gasteiger partial charge in [-0.25, -0.2) is 0 Å². The third-order valence-electron chi connectivity index (χ3n) is 0.516. The Balaban J connectivity index is 2.36. The summed E-state index contributed by atoms with van der Waals surface area (Å²) in [5, 5.41) is -0.380. The van der Waals surface area contributed by atoms with Crippen LogP contribution in [0.25, 0.3) is 0 Å². The van der Waals surface area contributed by atoms with Crippen LogP contribution in [0.2, 0.25) is 0 Å². The van der Waals surface area contributed by atoms with E-state index in [4.69, 9.17) is 11.6 Å². The van der Waals surface area contributed by atoms with E-state index in [1.54, 1.807) is 0 Å². The van der Waals surface area contributed by atoms with Gasteiger partial charge in [-0.1, -0.05) is 11.8 Å². The fourth-order valence-corrected chi connectivity index (χ4v) is 0.264. The molecule has 0 saturated carbocycles. The zero-order chi connectivity index (χ0) is 4.57. The molecule has 0 aliphatic heterocycles. The van der Waals surface area contributed by atoms with Crippen LogP contribution in [-0.2, 0) is 4.79 Å². The third-order valence-corrected chi connectivity index (χ3v) is 0.734. The van der Waals surface area contributed by atoms with Gasteiger partial charge in [0, 0.05) is 0 Å². The molecule has 6 heavy (non-hydrogen) atoms. The van der Waals surface area contributed by atoms with Gasteiger partial charge in [0.15, 0.2) is 5.92 Å². The zero-order valence-corrected chi connectivity index (χ0v) is 3.62. The minimum Gasteiger partial charge on any atom is -0.279 e. The Labute approximate surface area is 40.3 Å². The number of hydrogen-bond donors (Lipinski definition) is 0. The second-order valence-electron chi connectivity index (χ2n) is 1.03. The van der Waals surface area contributed by atoms with Crippen LogP contribution in [0.3, 0.4) is 0 Å². The highest BCUT2D eigenvalue weighted by Crippen LogP contribution is 2.07. The topological polar surface area (TPSA) is 17.1 Å². The molecule has 30 valence electrons. The van der Waals surface area contributed by atoms with E-state index in [-0.39, 0.29) is 11.2 Å². The van der Waals surface area contributed by atoms with E-state index in [0.717, 1.165) is 0 Å². The van der Waals surface area contributed by atoms with Gasteiger partial charge >= 0.3 is 0 Å². The fourth-order valence-electron chi connectivity index (χ4n) is 0.155. The van der Waals surface area contributed by atoms with Gasteiger partial charge in [0.05, 0.1) is 0 Å². The van der Waals surface area contributed by atoms with E-state index >= 15 is 0 Å². The SMILES string of the molecule is O=C(Cl)C1C#C1. The second-order valence-corrected chi connectivity index (χ2v) is 1.40. The number of carbonyl (C=O) groups is 1. The number of halogens is 1. The molecule has 0 aromatic rings. The first-order chi connectivity index (χ1) is 2.80. The molecule has 0 N–H and O–H groups in total. The summed E-state index contributed by atoms with van der Waals surface area (Å²) in [4.78, 5) is 9.85. The van der Waals surface area contributed by atoms with Crippen molar-refractivity contribution in [2.75, 3.05) is 0 Å². The first-order valence-electron chi connectivity index (χ1n) is 1.51. The van der Waals surface area contributed by atoms with Crippen molar-refractivity contribution in [3.8, 4) is 11.8 Å². The summed E-state index contributed by atoms with van der Waals surface area (Å²) in [6.45, 7) is 0. The predicted octanol–water partition coefficient (Wildman–Crippen LogP) is 0.385. The first kappa shape index (κ1) is 3.70. The minimum atomic E-state index is -0.380. The van der Waals surface area contributed by atoms with E-state index in [1.165, 1.54) is 0 Å². The smallest absolute Gasteiger partial charge is 0.248 e. The quantitative estimate of drug-likeness (QED) is 0.344. The van der Waals surface area contributed by atoms with Crippen molar-refractivity contribution in [3.63, 3.8) is 0 Å². The van der Waals surface area contributed by atoms with E-state index in [0.29, 0.717) is 0 Å². The Morgan fingerprint density at radius 2 is 2.17 bits per heavy atom. The molecule has 1 aliphatic carbocycles. The van der Waals surface area contributed by atoms with E-state index in [2.05, 4.69) is 11.8 Å². The van der Waals surface area contributed by atoms with Gasteiger partial charge in [0.2, 0.25) is 5.24 Å². The first-order valence-corrected chi connectivity index (χ1v) is 1.89. The van der Waals surface area contributed by atoms with Crippen LogP contribution in [0.4, 0.5) is 0 Å². The largest absolute Gasteiger partial charge is 0.279 e. The van der Waals surface area contributed by atoms with Gasteiger partial charge in [-0.05, 0) is 11.6 Å². The molecule has 0 bridgehead atoms. The molecule has 0 unspecified atom stereocenters. The lowest BCUT2D eigenvalue weighted by atomic mass is 10.4. The van der Waals surface area contributed by atoms with Crippen LogP contribution < -0.4 is 0 Å². The molecule has 0 aromatic carbocycles. The van der Waals surface area contributed by atoms with Gasteiger partial charge in [-0.3, -0.25) is 4.79 Å². The van der Waals surface area contributed by atoms with Crippen molar-refractivity contribution >= 4 is 16.8 Å². The standard InChI is InChI=1S/C4HClO/c5-4(6)3-1-2-3/h3H. The maximum atomic E-state index is 9.85. The second kappa shape index (κ2) is 0.990. The molecule has 0 spiro atoms. The Kier molecular flexibility index (Phi) is 0.611. The molecule has 0 heterocycles. The number of hydrogen-bond acceptors (Lipinski definition) is 1. The Morgan fingerprint density at radius 1 is 1.67 bits per heavy atom. The van der Waals surface area contributed by atoms with Crippen LogP contribution in [0.5, 0.6) is 0 Å². The van der Waals surface area contributed by atoms with Gasteiger partial charge in [-0.2, -0.15) is 0 Å². The van der Waals surface area contributed by atoms with Crippen molar-refractivity contribution in [1.82, 2.24) is 0 Å². The Hall–Kier alpha value is -0.480. The highest BCUT2D eigenvalue weighted by atomic mass is 35.5. The molecule has 1 aliphatic rings. The van der Waals surface area contributed by atoms with Gasteiger partial charge in [0.1, 0.15) is 0 Å². The molecule has 0 fully saturated rings. The predicted molar refractivity (Wildman–Crippen MR) is 22.1 cm³/mol. The summed E-state index contributed by atoms with van der Waals surface area (Å²) in [5.74, 6) is 4.73. The summed E-state index contributed by atoms with van der Waals surface area (Å²) in [6, 6.07) is 0. The lowest BCUT2D eigenvalue weighted by Crippen LogP contribution is -1.88. The highest BCUT2D eigenvalue weighted by molar-refractivity contribution is 6.65. The fraction of sp³-hybridized carbons (Fsp3) is 0.250. The average molecular weight is 101 g/mol. The van der Waals surface area contributed by atoms with Crippen LogP contribution in [0.15, 0.2) is 0 Å². The van der Waals surface area contributed by atoms with E-state index in [1.807, 2.05) is 0 Å². The average Bonchev–Trinajstić information content (AvgIpc) is 2.06. The maximum absolute atomic E-state index is 9.85. The lowest BCUT2D eigenvalue weighted by Gasteiger charge is -1.72. The monoisotopic (exact) mass is 100.0 g/mol. The highest BCUT2D eigenvalue weighted by Gasteiger charge is 2.16. The molecule has 0 saturated heterocycles. The number of rotatable bonds is 1. The lowest BCUT2D eigenvalue weighted by molar-refractivity contribution is -0.112. The van der Waals surface area contributed by atoms with Crippen LogP contribution in [0.1, 0.15) is 0 Å². The molecule has 2 heteroatoms. The third kappa shape index (κ3) is 0.526. The summed E-state index contributed by atoms with van der Waals surface area (Å²) in [6.07, 6.45) is 0. The Bertz CT molecular complexity index is 131. The van der Waals surface area contributed by atoms with Crippen molar-refractivity contribution in [3.05, 3.63) is 0 Å². The van der Waals surface area contributed by atoms with Crippen LogP contribution in [0, 0.1) is 17.8 Å². The van der Waals surface area contributed by atoms with E-state index < -0.39 is 0 Å². The van der Waals surface area contributed by atoms with Crippen LogP contribution in [-0.4, -0.2) is 5.24 Å². The maximum Gasteiger partial charge on any atom is 0.248 e. The van der Waals surface area contributed by atoms with Crippen molar-refractivity contribution in [1.29, 1.82) is 0 Å². The summed E-state index contributed by atoms with van der Waals surface area (Å²) < 4.78 is 0. The Morgan fingerprint density at radius 3 is 2.17 bits per heavy atom. The molecule has 0 radical (unpaired) electrons. The minimum absolute atomic E-state index is 0.272. The molecular formula is C4HClO. The summed E-state index contributed by atoms with van der Waals surface area (Å²) in [7, 11) is 0. The van der Waals surface area contributed by atoms with Crippen molar-refractivity contribution in [2.45, 2.75) is 0 Å². The number of carbonyl (C=O) groups excluding carboxylic acids is 1. The van der Waals surface area contributed by atoms with Gasteiger partial charge < -0.3 is 0 Å². The van der Waals surface area contributed by atoms with Gasteiger partial charge in [-0.15, -0.1) is 0 Å². The van der Waals surface area contributed by atoms with E-state index in [9.17, 15) is 4.79 Å². The van der Waals surface area contributed by atoms with Crippen molar-refractivity contribution in [2.24, 2.45) is 5.92 Å². The van der Waals surface area contributed by atoms with Gasteiger partial charge in [0.25, 0.3) is 0 Å². The summed E-state index contributed by atoms with van der Waals surface area (Å²) in [5.41, 5.74) is 0. The normalized spacial score (nSPS) is 15.5. The van der Waals surface area contributed by atoms with Crippen LogP contribution >= 0.6 is 11.6 Å². The molecule has 0 atom stereocenters.